The third kappa shape index (κ3) is 4.65. The Hall–Kier alpha value is -0.240. The summed E-state index contributed by atoms with van der Waals surface area (Å²) in [6.45, 7) is 3.21. The molecule has 1 saturated carbocycles. The molecule has 1 aromatic rings. The molecule has 1 N–H and O–H groups in total. The van der Waals surface area contributed by atoms with E-state index in [-0.39, 0.29) is 0 Å². The minimum atomic E-state index is 0.539. The minimum Gasteiger partial charge on any atom is -0.314 e. The molecular formula is C17H25Cl2N. The molecule has 3 heteroatoms. The molecule has 0 aromatic heterocycles. The lowest BCUT2D eigenvalue weighted by atomic mass is 9.87. The normalized spacial score (nSPS) is 18.8. The van der Waals surface area contributed by atoms with Gasteiger partial charge in [0.1, 0.15) is 0 Å². The standard InChI is InChI=1S/C17H25Cl2N/c1-2-20-17(13-7-5-3-4-6-8-13)11-14-9-10-15(18)12-16(14)19/h9-10,12-13,17,20H,2-8,11H2,1H3. The second-order valence-corrected chi connectivity index (χ2v) is 6.70. The molecule has 0 amide bonds. The maximum Gasteiger partial charge on any atom is 0.0453 e. The molecule has 1 aromatic carbocycles. The van der Waals surface area contributed by atoms with E-state index in [1.165, 1.54) is 44.1 Å². The van der Waals surface area contributed by atoms with Crippen molar-refractivity contribution in [2.45, 2.75) is 57.9 Å². The predicted molar refractivity (Wildman–Crippen MR) is 88.8 cm³/mol. The minimum absolute atomic E-state index is 0.539. The van der Waals surface area contributed by atoms with Gasteiger partial charge in [-0.3, -0.25) is 0 Å². The summed E-state index contributed by atoms with van der Waals surface area (Å²) in [7, 11) is 0. The highest BCUT2D eigenvalue weighted by atomic mass is 35.5. The molecule has 0 bridgehead atoms. The van der Waals surface area contributed by atoms with Crippen molar-refractivity contribution >= 4 is 23.2 Å². The Morgan fingerprint density at radius 3 is 2.45 bits per heavy atom. The summed E-state index contributed by atoms with van der Waals surface area (Å²) in [4.78, 5) is 0. The van der Waals surface area contributed by atoms with Gasteiger partial charge in [0.25, 0.3) is 0 Å². The highest BCUT2D eigenvalue weighted by Crippen LogP contribution is 2.29. The van der Waals surface area contributed by atoms with Gasteiger partial charge in [0.05, 0.1) is 0 Å². The molecule has 1 aliphatic rings. The van der Waals surface area contributed by atoms with Crippen molar-refractivity contribution in [2.75, 3.05) is 6.54 Å². The van der Waals surface area contributed by atoms with Crippen LogP contribution in [0.4, 0.5) is 0 Å². The van der Waals surface area contributed by atoms with Crippen molar-refractivity contribution in [3.05, 3.63) is 33.8 Å². The van der Waals surface area contributed by atoms with Crippen molar-refractivity contribution in [3.8, 4) is 0 Å². The van der Waals surface area contributed by atoms with Crippen molar-refractivity contribution in [1.29, 1.82) is 0 Å². The van der Waals surface area contributed by atoms with Crippen molar-refractivity contribution in [3.63, 3.8) is 0 Å². The second kappa shape index (κ2) is 8.26. The van der Waals surface area contributed by atoms with Crippen LogP contribution in [0.2, 0.25) is 10.0 Å². The number of likely N-dealkylation sites (N-methyl/N-ethyl adjacent to an activating group) is 1. The van der Waals surface area contributed by atoms with Crippen molar-refractivity contribution < 1.29 is 0 Å². The van der Waals surface area contributed by atoms with Gasteiger partial charge >= 0.3 is 0 Å². The maximum atomic E-state index is 6.33. The average molecular weight is 314 g/mol. The monoisotopic (exact) mass is 313 g/mol. The van der Waals surface area contributed by atoms with Gasteiger partial charge < -0.3 is 5.32 Å². The van der Waals surface area contributed by atoms with Crippen LogP contribution in [0.5, 0.6) is 0 Å². The van der Waals surface area contributed by atoms with Gasteiger partial charge in [-0.1, -0.05) is 61.9 Å². The van der Waals surface area contributed by atoms with E-state index in [2.05, 4.69) is 18.3 Å². The first kappa shape index (κ1) is 16.1. The molecule has 0 aliphatic heterocycles. The first-order valence-corrected chi connectivity index (χ1v) is 8.63. The molecule has 1 aliphatic carbocycles. The lowest BCUT2D eigenvalue weighted by Gasteiger charge is -2.27. The highest BCUT2D eigenvalue weighted by Gasteiger charge is 2.23. The van der Waals surface area contributed by atoms with Crippen LogP contribution in [0.1, 0.15) is 51.0 Å². The first-order chi connectivity index (χ1) is 9.70. The van der Waals surface area contributed by atoms with E-state index in [9.17, 15) is 0 Å². The molecular weight excluding hydrogens is 289 g/mol. The maximum absolute atomic E-state index is 6.33. The zero-order valence-corrected chi connectivity index (χ0v) is 13.8. The Morgan fingerprint density at radius 2 is 1.85 bits per heavy atom. The summed E-state index contributed by atoms with van der Waals surface area (Å²) >= 11 is 12.3. The van der Waals surface area contributed by atoms with E-state index in [4.69, 9.17) is 23.2 Å². The number of hydrogen-bond donors (Lipinski definition) is 1. The fraction of sp³-hybridized carbons (Fsp3) is 0.647. The van der Waals surface area contributed by atoms with E-state index < -0.39 is 0 Å². The summed E-state index contributed by atoms with van der Waals surface area (Å²) in [5, 5.41) is 5.19. The van der Waals surface area contributed by atoms with Crippen LogP contribution in [-0.2, 0) is 6.42 Å². The lowest BCUT2D eigenvalue weighted by Crippen LogP contribution is -2.38. The third-order valence-electron chi connectivity index (χ3n) is 4.39. The lowest BCUT2D eigenvalue weighted by molar-refractivity contribution is 0.321. The van der Waals surface area contributed by atoms with Crippen LogP contribution >= 0.6 is 23.2 Å². The Labute approximate surface area is 133 Å². The van der Waals surface area contributed by atoms with Gasteiger partial charge in [0, 0.05) is 16.1 Å². The fourth-order valence-electron chi connectivity index (χ4n) is 3.31. The van der Waals surface area contributed by atoms with Crippen LogP contribution in [0, 0.1) is 5.92 Å². The third-order valence-corrected chi connectivity index (χ3v) is 4.98. The summed E-state index contributed by atoms with van der Waals surface area (Å²) in [6, 6.07) is 6.41. The molecule has 0 heterocycles. The molecule has 1 unspecified atom stereocenters. The molecule has 1 atom stereocenters. The molecule has 1 fully saturated rings. The summed E-state index contributed by atoms with van der Waals surface area (Å²) in [5.74, 6) is 0.782. The van der Waals surface area contributed by atoms with Gasteiger partial charge in [0.2, 0.25) is 0 Å². The Balaban J connectivity index is 2.07. The zero-order chi connectivity index (χ0) is 14.4. The molecule has 20 heavy (non-hydrogen) atoms. The Bertz CT molecular complexity index is 411. The van der Waals surface area contributed by atoms with Crippen molar-refractivity contribution in [2.24, 2.45) is 5.92 Å². The average Bonchev–Trinajstić information content (AvgIpc) is 2.70. The van der Waals surface area contributed by atoms with Crippen LogP contribution in [-0.4, -0.2) is 12.6 Å². The molecule has 2 rings (SSSR count). The zero-order valence-electron chi connectivity index (χ0n) is 12.3. The molecule has 0 saturated heterocycles. The largest absolute Gasteiger partial charge is 0.314 e. The first-order valence-electron chi connectivity index (χ1n) is 7.88. The van der Waals surface area contributed by atoms with Gasteiger partial charge in [-0.15, -0.1) is 0 Å². The van der Waals surface area contributed by atoms with E-state index in [1.54, 1.807) is 0 Å². The molecule has 1 nitrogen and oxygen atoms in total. The van der Waals surface area contributed by atoms with E-state index in [0.29, 0.717) is 11.1 Å². The highest BCUT2D eigenvalue weighted by molar-refractivity contribution is 6.35. The Morgan fingerprint density at radius 1 is 1.15 bits per heavy atom. The van der Waals surface area contributed by atoms with Crippen LogP contribution in [0.15, 0.2) is 18.2 Å². The van der Waals surface area contributed by atoms with Crippen LogP contribution in [0.25, 0.3) is 0 Å². The van der Waals surface area contributed by atoms with Crippen molar-refractivity contribution in [1.82, 2.24) is 5.32 Å². The van der Waals surface area contributed by atoms with Gasteiger partial charge in [0.15, 0.2) is 0 Å². The van der Waals surface area contributed by atoms with E-state index >= 15 is 0 Å². The van der Waals surface area contributed by atoms with Gasteiger partial charge in [-0.05, 0) is 49.4 Å². The SMILES string of the molecule is CCNC(Cc1ccc(Cl)cc1Cl)C1CCCCCC1. The second-order valence-electron chi connectivity index (χ2n) is 5.86. The predicted octanol–water partition coefficient (Wildman–Crippen LogP) is 5.48. The number of hydrogen-bond acceptors (Lipinski definition) is 1. The summed E-state index contributed by atoms with van der Waals surface area (Å²) in [5.41, 5.74) is 1.21. The number of halogens is 2. The quantitative estimate of drug-likeness (QED) is 0.709. The van der Waals surface area contributed by atoms with E-state index in [0.717, 1.165) is 23.9 Å². The molecule has 0 spiro atoms. The fourth-order valence-corrected chi connectivity index (χ4v) is 3.79. The Kier molecular flexibility index (Phi) is 6.67. The number of rotatable bonds is 5. The number of benzene rings is 1. The van der Waals surface area contributed by atoms with E-state index in [1.807, 2.05) is 12.1 Å². The van der Waals surface area contributed by atoms with Crippen LogP contribution < -0.4 is 5.32 Å². The smallest absolute Gasteiger partial charge is 0.0453 e. The van der Waals surface area contributed by atoms with Crippen LogP contribution in [0.3, 0.4) is 0 Å². The summed E-state index contributed by atoms with van der Waals surface area (Å²) in [6.07, 6.45) is 9.26. The topological polar surface area (TPSA) is 12.0 Å². The number of nitrogens with one attached hydrogen (secondary N) is 1. The summed E-state index contributed by atoms with van der Waals surface area (Å²) < 4.78 is 0. The molecule has 0 radical (unpaired) electrons. The van der Waals surface area contributed by atoms with Gasteiger partial charge in [-0.2, -0.15) is 0 Å². The molecule has 112 valence electrons. The van der Waals surface area contributed by atoms with Gasteiger partial charge in [-0.25, -0.2) is 0 Å².